The molecule has 0 saturated heterocycles. The van der Waals surface area contributed by atoms with Crippen LogP contribution in [-0.2, 0) is 10.0 Å². The summed E-state index contributed by atoms with van der Waals surface area (Å²) >= 11 is 5.96. The average Bonchev–Trinajstić information content (AvgIpc) is 2.56. The van der Waals surface area contributed by atoms with E-state index in [1.807, 2.05) is 18.2 Å². The molecule has 0 amide bonds. The van der Waals surface area contributed by atoms with E-state index < -0.39 is 16.1 Å². The highest BCUT2D eigenvalue weighted by molar-refractivity contribution is 7.89. The molecular formula is C17H20ClNO4S. The first-order valence-electron chi connectivity index (χ1n) is 7.46. The molecule has 1 atom stereocenters. The first-order chi connectivity index (χ1) is 11.4. The third-order valence-electron chi connectivity index (χ3n) is 3.43. The fourth-order valence-corrected chi connectivity index (χ4v) is 3.98. The molecule has 7 heteroatoms. The van der Waals surface area contributed by atoms with E-state index in [0.29, 0.717) is 17.4 Å². The molecule has 1 N–H and O–H groups in total. The zero-order chi connectivity index (χ0) is 17.7. The van der Waals surface area contributed by atoms with E-state index in [1.165, 1.54) is 6.07 Å². The molecule has 0 aliphatic carbocycles. The fourth-order valence-electron chi connectivity index (χ4n) is 2.35. The van der Waals surface area contributed by atoms with Gasteiger partial charge >= 0.3 is 0 Å². The van der Waals surface area contributed by atoms with Crippen LogP contribution in [-0.4, -0.2) is 22.1 Å². The topological polar surface area (TPSA) is 64.6 Å². The highest BCUT2D eigenvalue weighted by Crippen LogP contribution is 2.30. The van der Waals surface area contributed by atoms with Crippen molar-refractivity contribution in [2.24, 2.45) is 0 Å². The van der Waals surface area contributed by atoms with Crippen LogP contribution in [0.1, 0.15) is 25.5 Å². The lowest BCUT2D eigenvalue weighted by molar-refractivity contribution is 0.331. The number of hydrogen-bond donors (Lipinski definition) is 1. The molecule has 0 aliphatic rings. The number of ether oxygens (including phenoxy) is 2. The zero-order valence-corrected chi connectivity index (χ0v) is 15.3. The molecule has 0 aromatic heterocycles. The molecule has 2 aromatic rings. The van der Waals surface area contributed by atoms with E-state index in [2.05, 4.69) is 4.72 Å². The van der Waals surface area contributed by atoms with Gasteiger partial charge in [-0.1, -0.05) is 29.8 Å². The second-order valence-corrected chi connectivity index (χ2v) is 7.23. The number of rotatable bonds is 7. The van der Waals surface area contributed by atoms with E-state index in [9.17, 15) is 8.42 Å². The van der Waals surface area contributed by atoms with Gasteiger partial charge in [-0.05, 0) is 38.1 Å². The fraction of sp³-hybridized carbons (Fsp3) is 0.294. The summed E-state index contributed by atoms with van der Waals surface area (Å²) < 4.78 is 38.9. The molecule has 0 bridgehead atoms. The normalized spacial score (nSPS) is 12.7. The van der Waals surface area contributed by atoms with Crippen LogP contribution in [0.2, 0.25) is 5.02 Å². The minimum atomic E-state index is -3.82. The van der Waals surface area contributed by atoms with E-state index in [0.717, 1.165) is 5.56 Å². The van der Waals surface area contributed by atoms with E-state index >= 15 is 0 Å². The molecule has 130 valence electrons. The summed E-state index contributed by atoms with van der Waals surface area (Å²) in [6, 6.07) is 11.3. The van der Waals surface area contributed by atoms with Crippen LogP contribution in [0.4, 0.5) is 0 Å². The standard InChI is InChI=1S/C17H20ClNO4S/c1-4-23-16-10-9-13(18)11-17(16)24(20,21)19-12(2)14-7-5-6-8-15(14)22-3/h5-12,19H,4H2,1-3H3. The van der Waals surface area contributed by atoms with Crippen LogP contribution in [0.15, 0.2) is 47.4 Å². The Bertz CT molecular complexity index is 808. The molecule has 2 rings (SSSR count). The second-order valence-electron chi connectivity index (χ2n) is 5.11. The van der Waals surface area contributed by atoms with Gasteiger partial charge in [0.2, 0.25) is 10.0 Å². The summed E-state index contributed by atoms with van der Waals surface area (Å²) in [6.45, 7) is 3.89. The van der Waals surface area contributed by atoms with Gasteiger partial charge in [-0.3, -0.25) is 0 Å². The minimum Gasteiger partial charge on any atom is -0.496 e. The maximum absolute atomic E-state index is 12.8. The number of sulfonamides is 1. The van der Waals surface area contributed by atoms with Crippen LogP contribution in [0.3, 0.4) is 0 Å². The number of para-hydroxylation sites is 1. The van der Waals surface area contributed by atoms with Gasteiger partial charge in [0.1, 0.15) is 16.4 Å². The van der Waals surface area contributed by atoms with Crippen molar-refractivity contribution in [3.63, 3.8) is 0 Å². The molecule has 0 fully saturated rings. The maximum Gasteiger partial charge on any atom is 0.244 e. The highest BCUT2D eigenvalue weighted by Gasteiger charge is 2.24. The zero-order valence-electron chi connectivity index (χ0n) is 13.7. The number of halogens is 1. The van der Waals surface area contributed by atoms with Crippen molar-refractivity contribution in [2.45, 2.75) is 24.8 Å². The van der Waals surface area contributed by atoms with Crippen molar-refractivity contribution in [1.29, 1.82) is 0 Å². The molecule has 2 aromatic carbocycles. The summed E-state index contributed by atoms with van der Waals surface area (Å²) in [7, 11) is -2.28. The molecule has 0 radical (unpaired) electrons. The van der Waals surface area contributed by atoms with E-state index in [-0.39, 0.29) is 10.6 Å². The first kappa shape index (κ1) is 18.6. The summed E-state index contributed by atoms with van der Waals surface area (Å²) in [5, 5.41) is 0.323. The Kier molecular flexibility index (Phi) is 6.10. The molecular weight excluding hydrogens is 350 g/mol. The van der Waals surface area contributed by atoms with Gasteiger partial charge in [-0.2, -0.15) is 0 Å². The third-order valence-corrected chi connectivity index (χ3v) is 5.23. The molecule has 0 aliphatic heterocycles. The van der Waals surface area contributed by atoms with Crippen molar-refractivity contribution < 1.29 is 17.9 Å². The summed E-state index contributed by atoms with van der Waals surface area (Å²) in [4.78, 5) is 0.0126. The van der Waals surface area contributed by atoms with Gasteiger partial charge in [-0.15, -0.1) is 0 Å². The van der Waals surface area contributed by atoms with Crippen molar-refractivity contribution in [3.8, 4) is 11.5 Å². The average molecular weight is 370 g/mol. The van der Waals surface area contributed by atoms with Crippen LogP contribution in [0, 0.1) is 0 Å². The Labute approximate surface area is 147 Å². The lowest BCUT2D eigenvalue weighted by atomic mass is 10.1. The van der Waals surface area contributed by atoms with Crippen molar-refractivity contribution in [3.05, 3.63) is 53.1 Å². The Balaban J connectivity index is 2.36. The first-order valence-corrected chi connectivity index (χ1v) is 9.32. The smallest absolute Gasteiger partial charge is 0.244 e. The number of nitrogens with one attached hydrogen (secondary N) is 1. The van der Waals surface area contributed by atoms with Gasteiger partial charge in [-0.25, -0.2) is 13.1 Å². The lowest BCUT2D eigenvalue weighted by Crippen LogP contribution is -2.27. The maximum atomic E-state index is 12.8. The van der Waals surface area contributed by atoms with Gasteiger partial charge in [0.25, 0.3) is 0 Å². The van der Waals surface area contributed by atoms with Gasteiger partial charge in [0.15, 0.2) is 0 Å². The van der Waals surface area contributed by atoms with Crippen molar-refractivity contribution in [2.75, 3.05) is 13.7 Å². The van der Waals surface area contributed by atoms with Crippen LogP contribution >= 0.6 is 11.6 Å². The van der Waals surface area contributed by atoms with Crippen LogP contribution in [0.5, 0.6) is 11.5 Å². The van der Waals surface area contributed by atoms with Gasteiger partial charge in [0.05, 0.1) is 13.7 Å². The largest absolute Gasteiger partial charge is 0.496 e. The van der Waals surface area contributed by atoms with Crippen LogP contribution < -0.4 is 14.2 Å². The Morgan fingerprint density at radius 2 is 1.88 bits per heavy atom. The second kappa shape index (κ2) is 7.88. The number of hydrogen-bond acceptors (Lipinski definition) is 4. The molecule has 0 saturated carbocycles. The predicted molar refractivity (Wildman–Crippen MR) is 94.4 cm³/mol. The third kappa shape index (κ3) is 4.20. The van der Waals surface area contributed by atoms with Crippen LogP contribution in [0.25, 0.3) is 0 Å². The molecule has 24 heavy (non-hydrogen) atoms. The monoisotopic (exact) mass is 369 g/mol. The Morgan fingerprint density at radius 1 is 1.17 bits per heavy atom. The van der Waals surface area contributed by atoms with E-state index in [4.69, 9.17) is 21.1 Å². The number of methoxy groups -OCH3 is 1. The predicted octanol–water partition coefficient (Wildman–Crippen LogP) is 3.79. The lowest BCUT2D eigenvalue weighted by Gasteiger charge is -2.18. The summed E-state index contributed by atoms with van der Waals surface area (Å²) in [6.07, 6.45) is 0. The minimum absolute atomic E-state index is 0.0126. The quantitative estimate of drug-likeness (QED) is 0.806. The van der Waals surface area contributed by atoms with Crippen molar-refractivity contribution >= 4 is 21.6 Å². The molecule has 0 heterocycles. The SMILES string of the molecule is CCOc1ccc(Cl)cc1S(=O)(=O)NC(C)c1ccccc1OC. The Morgan fingerprint density at radius 3 is 2.54 bits per heavy atom. The molecule has 1 unspecified atom stereocenters. The Hall–Kier alpha value is -1.76. The molecule has 5 nitrogen and oxygen atoms in total. The highest BCUT2D eigenvalue weighted by atomic mass is 35.5. The van der Waals surface area contributed by atoms with Gasteiger partial charge in [0, 0.05) is 16.6 Å². The van der Waals surface area contributed by atoms with Crippen molar-refractivity contribution in [1.82, 2.24) is 4.72 Å². The van der Waals surface area contributed by atoms with Gasteiger partial charge < -0.3 is 9.47 Å². The summed E-state index contributed by atoms with van der Waals surface area (Å²) in [5.74, 6) is 0.880. The molecule has 0 spiro atoms. The number of benzene rings is 2. The summed E-state index contributed by atoms with van der Waals surface area (Å²) in [5.41, 5.74) is 0.739. The van der Waals surface area contributed by atoms with E-state index in [1.54, 1.807) is 39.2 Å².